The molecular formula is C24H22F3N3O3. The van der Waals surface area contributed by atoms with Crippen molar-refractivity contribution in [3.05, 3.63) is 77.5 Å². The van der Waals surface area contributed by atoms with E-state index in [1.165, 1.54) is 12.3 Å². The predicted molar refractivity (Wildman–Crippen MR) is 115 cm³/mol. The lowest BCUT2D eigenvalue weighted by Gasteiger charge is -2.39. The van der Waals surface area contributed by atoms with E-state index in [0.717, 1.165) is 24.3 Å². The Bertz CT molecular complexity index is 1160. The molecule has 1 aliphatic rings. The fourth-order valence-corrected chi connectivity index (χ4v) is 4.06. The highest BCUT2D eigenvalue weighted by atomic mass is 19.1. The maximum atomic E-state index is 14.3. The Hall–Kier alpha value is -3.30. The molecule has 0 bridgehead atoms. The summed E-state index contributed by atoms with van der Waals surface area (Å²) >= 11 is 0. The Labute approximate surface area is 188 Å². The topological polar surface area (TPSA) is 86.6 Å². The summed E-state index contributed by atoms with van der Waals surface area (Å²) in [7, 11) is 0. The molecule has 6 nitrogen and oxygen atoms in total. The van der Waals surface area contributed by atoms with E-state index in [9.17, 15) is 28.2 Å². The van der Waals surface area contributed by atoms with Gasteiger partial charge >= 0.3 is 0 Å². The van der Waals surface area contributed by atoms with E-state index in [0.29, 0.717) is 17.8 Å². The van der Waals surface area contributed by atoms with Crippen LogP contribution in [0.4, 0.5) is 18.9 Å². The number of carbonyl (C=O) groups excluding carboxylic acids is 1. The van der Waals surface area contributed by atoms with Crippen LogP contribution in [0.15, 0.2) is 48.8 Å². The molecule has 172 valence electrons. The van der Waals surface area contributed by atoms with Crippen LogP contribution in [0.2, 0.25) is 0 Å². The van der Waals surface area contributed by atoms with Gasteiger partial charge in [-0.3, -0.25) is 9.78 Å². The lowest BCUT2D eigenvalue weighted by atomic mass is 9.93. The van der Waals surface area contributed by atoms with E-state index in [4.69, 9.17) is 0 Å². The number of rotatable bonds is 5. The number of aliphatic hydroxyl groups excluding tert-OH is 2. The first-order valence-corrected chi connectivity index (χ1v) is 10.4. The number of halogens is 3. The summed E-state index contributed by atoms with van der Waals surface area (Å²) in [6.07, 6.45) is 1.14. The van der Waals surface area contributed by atoms with Crippen molar-refractivity contribution in [1.29, 1.82) is 0 Å². The van der Waals surface area contributed by atoms with Gasteiger partial charge in [-0.1, -0.05) is 13.0 Å². The Morgan fingerprint density at radius 2 is 1.79 bits per heavy atom. The van der Waals surface area contributed by atoms with E-state index in [1.807, 2.05) is 11.8 Å². The molecule has 1 fully saturated rings. The van der Waals surface area contributed by atoms with E-state index in [2.05, 4.69) is 9.97 Å². The Morgan fingerprint density at radius 3 is 2.48 bits per heavy atom. The molecule has 1 aliphatic heterocycles. The molecule has 1 aromatic carbocycles. The number of carbonyl (C=O) groups is 1. The SMILES string of the molecule is C[C@H]1CN(c2ccncc2CC(=O)c2ccc(F)c(-c3c(F)cccc3F)n2)C[C@@H](O)[C@@H]1O. The summed E-state index contributed by atoms with van der Waals surface area (Å²) in [5, 5.41) is 20.2. The molecular weight excluding hydrogens is 435 g/mol. The second kappa shape index (κ2) is 9.29. The van der Waals surface area contributed by atoms with Crippen LogP contribution in [0.1, 0.15) is 23.0 Å². The Morgan fingerprint density at radius 1 is 1.06 bits per heavy atom. The van der Waals surface area contributed by atoms with Crippen molar-refractivity contribution in [2.24, 2.45) is 5.92 Å². The number of nitrogens with zero attached hydrogens (tertiary/aromatic N) is 3. The lowest BCUT2D eigenvalue weighted by Crippen LogP contribution is -2.51. The van der Waals surface area contributed by atoms with E-state index >= 15 is 0 Å². The number of hydrogen-bond acceptors (Lipinski definition) is 6. The van der Waals surface area contributed by atoms with Crippen LogP contribution in [0.25, 0.3) is 11.3 Å². The average molecular weight is 457 g/mol. The third-order valence-electron chi connectivity index (χ3n) is 5.79. The fraction of sp³-hybridized carbons (Fsp3) is 0.292. The lowest BCUT2D eigenvalue weighted by molar-refractivity contribution is -0.0213. The monoisotopic (exact) mass is 457 g/mol. The highest BCUT2D eigenvalue weighted by Gasteiger charge is 2.33. The third-order valence-corrected chi connectivity index (χ3v) is 5.79. The molecule has 0 spiro atoms. The number of piperidine rings is 1. The number of ketones is 1. The first-order valence-electron chi connectivity index (χ1n) is 10.4. The van der Waals surface area contributed by atoms with Gasteiger partial charge in [0.25, 0.3) is 0 Å². The van der Waals surface area contributed by atoms with Gasteiger partial charge in [0.15, 0.2) is 5.78 Å². The number of β-amino-alcohol motifs (C(OH)–C–C–N with tert-alkyl or cyclic N) is 1. The molecule has 0 aliphatic carbocycles. The number of anilines is 1. The summed E-state index contributed by atoms with van der Waals surface area (Å²) in [4.78, 5) is 22.8. The number of Topliss-reactive ketones (excluding diaryl/α,β-unsaturated/α-hetero) is 1. The van der Waals surface area contributed by atoms with Crippen LogP contribution in [0.3, 0.4) is 0 Å². The Balaban J connectivity index is 1.63. The summed E-state index contributed by atoms with van der Waals surface area (Å²) in [5.41, 5.74) is -0.153. The normalized spacial score (nSPS) is 20.7. The summed E-state index contributed by atoms with van der Waals surface area (Å²) < 4.78 is 42.7. The van der Waals surface area contributed by atoms with Crippen molar-refractivity contribution in [2.75, 3.05) is 18.0 Å². The number of hydrogen-bond donors (Lipinski definition) is 2. The zero-order chi connectivity index (χ0) is 23.7. The number of aromatic nitrogens is 2. The zero-order valence-electron chi connectivity index (χ0n) is 17.8. The smallest absolute Gasteiger partial charge is 0.185 e. The van der Waals surface area contributed by atoms with E-state index < -0.39 is 46.7 Å². The second-order valence-electron chi connectivity index (χ2n) is 8.17. The van der Waals surface area contributed by atoms with Crippen LogP contribution in [0, 0.1) is 23.4 Å². The van der Waals surface area contributed by atoms with Gasteiger partial charge < -0.3 is 15.1 Å². The largest absolute Gasteiger partial charge is 0.390 e. The third kappa shape index (κ3) is 4.60. The molecule has 3 atom stereocenters. The quantitative estimate of drug-likeness (QED) is 0.573. The van der Waals surface area contributed by atoms with Gasteiger partial charge in [0.2, 0.25) is 0 Å². The van der Waals surface area contributed by atoms with Crippen LogP contribution in [-0.2, 0) is 6.42 Å². The molecule has 2 N–H and O–H groups in total. The van der Waals surface area contributed by atoms with Crippen molar-refractivity contribution in [2.45, 2.75) is 25.6 Å². The molecule has 0 radical (unpaired) electrons. The highest BCUT2D eigenvalue weighted by Crippen LogP contribution is 2.29. The molecule has 3 heterocycles. The minimum Gasteiger partial charge on any atom is -0.390 e. The molecule has 0 unspecified atom stereocenters. The molecule has 0 amide bonds. The molecule has 4 rings (SSSR count). The number of pyridine rings is 2. The van der Waals surface area contributed by atoms with Gasteiger partial charge in [-0.15, -0.1) is 0 Å². The molecule has 1 saturated heterocycles. The molecule has 33 heavy (non-hydrogen) atoms. The van der Waals surface area contributed by atoms with Crippen molar-refractivity contribution >= 4 is 11.5 Å². The van der Waals surface area contributed by atoms with Gasteiger partial charge in [-0.25, -0.2) is 18.2 Å². The predicted octanol–water partition coefficient (Wildman–Crippen LogP) is 3.16. The summed E-state index contributed by atoms with van der Waals surface area (Å²) in [5.74, 6) is -3.61. The van der Waals surface area contributed by atoms with Gasteiger partial charge in [0.1, 0.15) is 28.8 Å². The van der Waals surface area contributed by atoms with Crippen molar-refractivity contribution in [3.8, 4) is 11.3 Å². The van der Waals surface area contributed by atoms with Crippen molar-refractivity contribution in [3.63, 3.8) is 0 Å². The van der Waals surface area contributed by atoms with Gasteiger partial charge in [-0.05, 0) is 30.3 Å². The zero-order valence-corrected chi connectivity index (χ0v) is 17.8. The molecule has 2 aromatic heterocycles. The van der Waals surface area contributed by atoms with Crippen molar-refractivity contribution in [1.82, 2.24) is 9.97 Å². The van der Waals surface area contributed by atoms with Crippen LogP contribution in [-0.4, -0.2) is 51.3 Å². The van der Waals surface area contributed by atoms with E-state index in [-0.39, 0.29) is 24.6 Å². The maximum Gasteiger partial charge on any atom is 0.185 e. The summed E-state index contributed by atoms with van der Waals surface area (Å²) in [6.45, 7) is 2.47. The number of aliphatic hydroxyl groups is 2. The Kier molecular flexibility index (Phi) is 6.44. The minimum atomic E-state index is -0.986. The van der Waals surface area contributed by atoms with Crippen LogP contribution < -0.4 is 4.90 Å². The molecule has 0 saturated carbocycles. The number of benzene rings is 1. The molecule has 9 heteroatoms. The van der Waals surface area contributed by atoms with Gasteiger partial charge in [-0.2, -0.15) is 0 Å². The van der Waals surface area contributed by atoms with Crippen LogP contribution in [0.5, 0.6) is 0 Å². The average Bonchev–Trinajstić information content (AvgIpc) is 2.78. The first-order chi connectivity index (χ1) is 15.8. The maximum absolute atomic E-state index is 14.3. The fourth-order valence-electron chi connectivity index (χ4n) is 4.06. The second-order valence-corrected chi connectivity index (χ2v) is 8.17. The first kappa shape index (κ1) is 22.9. The minimum absolute atomic E-state index is 0.147. The standard InChI is InChI=1S/C24H22F3N3O3/c1-13-11-30(12-21(32)24(13)33)19-7-8-28-10-14(19)9-20(31)18-6-5-17(27)23(29-18)22-15(25)3-2-4-16(22)26/h2-8,10,13,21,24,32-33H,9,11-12H2,1H3/t13-,21+,24+/m0/s1. The molecule has 3 aromatic rings. The van der Waals surface area contributed by atoms with Crippen LogP contribution >= 0.6 is 0 Å². The van der Waals surface area contributed by atoms with Gasteiger partial charge in [0, 0.05) is 49.1 Å². The van der Waals surface area contributed by atoms with E-state index in [1.54, 1.807) is 12.3 Å². The van der Waals surface area contributed by atoms with Gasteiger partial charge in [0.05, 0.1) is 17.8 Å². The highest BCUT2D eigenvalue weighted by molar-refractivity contribution is 5.97. The summed E-state index contributed by atoms with van der Waals surface area (Å²) in [6, 6.07) is 6.96. The van der Waals surface area contributed by atoms with Crippen molar-refractivity contribution < 1.29 is 28.2 Å².